The highest BCUT2D eigenvalue weighted by atomic mass is 19.2. The summed E-state index contributed by atoms with van der Waals surface area (Å²) in [7, 11) is 2.08. The molecule has 1 amide bonds. The topological polar surface area (TPSA) is 32.3 Å². The molecule has 0 saturated carbocycles. The summed E-state index contributed by atoms with van der Waals surface area (Å²) in [5.74, 6) is -2.02. The standard InChI is InChI=1S/C15H20F2N2O/c1-19-9-3-2-4-12(19)6-8-15(20)18-11-5-7-13(16)14(17)10-11/h5,7,10,12H,2-4,6,8-9H2,1H3,(H,18,20). The Hall–Kier alpha value is -1.49. The Morgan fingerprint density at radius 3 is 2.85 bits per heavy atom. The fourth-order valence-corrected chi connectivity index (χ4v) is 2.60. The summed E-state index contributed by atoms with van der Waals surface area (Å²) in [4.78, 5) is 14.1. The van der Waals surface area contributed by atoms with Crippen molar-refractivity contribution in [2.24, 2.45) is 0 Å². The van der Waals surface area contributed by atoms with E-state index < -0.39 is 11.6 Å². The number of likely N-dealkylation sites (tertiary alicyclic amines) is 1. The van der Waals surface area contributed by atoms with Crippen molar-refractivity contribution in [3.05, 3.63) is 29.8 Å². The van der Waals surface area contributed by atoms with Gasteiger partial charge in [-0.1, -0.05) is 6.42 Å². The van der Waals surface area contributed by atoms with E-state index in [9.17, 15) is 13.6 Å². The summed E-state index contributed by atoms with van der Waals surface area (Å²) in [6.07, 6.45) is 4.74. The Labute approximate surface area is 118 Å². The minimum atomic E-state index is -0.949. The molecule has 0 spiro atoms. The van der Waals surface area contributed by atoms with Crippen molar-refractivity contribution in [2.45, 2.75) is 38.1 Å². The van der Waals surface area contributed by atoms with Crippen molar-refractivity contribution in [3.63, 3.8) is 0 Å². The quantitative estimate of drug-likeness (QED) is 0.920. The Bertz CT molecular complexity index is 479. The lowest BCUT2D eigenvalue weighted by Crippen LogP contribution is -2.36. The third-order valence-corrected chi connectivity index (χ3v) is 3.83. The molecule has 3 nitrogen and oxygen atoms in total. The van der Waals surface area contributed by atoms with Crippen molar-refractivity contribution >= 4 is 11.6 Å². The molecule has 110 valence electrons. The average Bonchev–Trinajstić information content (AvgIpc) is 2.42. The zero-order chi connectivity index (χ0) is 14.5. The molecule has 1 aromatic rings. The normalized spacial score (nSPS) is 19.9. The van der Waals surface area contributed by atoms with Gasteiger partial charge in [-0.15, -0.1) is 0 Å². The van der Waals surface area contributed by atoms with E-state index in [4.69, 9.17) is 0 Å². The first kappa shape index (κ1) is 14.9. The molecule has 5 heteroatoms. The smallest absolute Gasteiger partial charge is 0.224 e. The van der Waals surface area contributed by atoms with Gasteiger partial charge in [0.25, 0.3) is 0 Å². The lowest BCUT2D eigenvalue weighted by molar-refractivity contribution is -0.116. The van der Waals surface area contributed by atoms with Crippen LogP contribution in [0.25, 0.3) is 0 Å². The zero-order valence-electron chi connectivity index (χ0n) is 11.7. The van der Waals surface area contributed by atoms with E-state index in [1.165, 1.54) is 18.9 Å². The Morgan fingerprint density at radius 2 is 2.15 bits per heavy atom. The molecule has 0 aliphatic carbocycles. The summed E-state index contributed by atoms with van der Waals surface area (Å²) in [6, 6.07) is 3.82. The van der Waals surface area contributed by atoms with Crippen LogP contribution in [0.2, 0.25) is 0 Å². The van der Waals surface area contributed by atoms with Crippen molar-refractivity contribution in [1.29, 1.82) is 0 Å². The predicted molar refractivity (Wildman–Crippen MR) is 74.5 cm³/mol. The van der Waals surface area contributed by atoms with Crippen LogP contribution >= 0.6 is 0 Å². The predicted octanol–water partition coefficient (Wildman–Crippen LogP) is 3.17. The molecule has 1 atom stereocenters. The fraction of sp³-hybridized carbons (Fsp3) is 0.533. The van der Waals surface area contributed by atoms with Crippen LogP contribution in [0.5, 0.6) is 0 Å². The number of benzene rings is 1. The van der Waals surface area contributed by atoms with Crippen LogP contribution in [-0.4, -0.2) is 30.4 Å². The van der Waals surface area contributed by atoms with Crippen LogP contribution in [0.15, 0.2) is 18.2 Å². The molecule has 1 unspecified atom stereocenters. The number of nitrogens with one attached hydrogen (secondary N) is 1. The van der Waals surface area contributed by atoms with Gasteiger partial charge in [0.05, 0.1) is 0 Å². The molecule has 1 N–H and O–H groups in total. The number of hydrogen-bond acceptors (Lipinski definition) is 2. The van der Waals surface area contributed by atoms with Gasteiger partial charge in [-0.2, -0.15) is 0 Å². The van der Waals surface area contributed by atoms with E-state index in [1.54, 1.807) is 0 Å². The third-order valence-electron chi connectivity index (χ3n) is 3.83. The number of carbonyl (C=O) groups excluding carboxylic acids is 1. The first-order chi connectivity index (χ1) is 9.56. The second-order valence-electron chi connectivity index (χ2n) is 5.35. The highest BCUT2D eigenvalue weighted by molar-refractivity contribution is 5.90. The van der Waals surface area contributed by atoms with Gasteiger partial charge in [-0.05, 0) is 45.0 Å². The number of nitrogens with zero attached hydrogens (tertiary/aromatic N) is 1. The van der Waals surface area contributed by atoms with Gasteiger partial charge in [0.1, 0.15) is 0 Å². The molecular weight excluding hydrogens is 262 g/mol. The van der Waals surface area contributed by atoms with Crippen molar-refractivity contribution in [2.75, 3.05) is 18.9 Å². The molecular formula is C15H20F2N2O. The van der Waals surface area contributed by atoms with Crippen molar-refractivity contribution in [1.82, 2.24) is 4.90 Å². The number of amides is 1. The summed E-state index contributed by atoms with van der Waals surface area (Å²) < 4.78 is 25.8. The van der Waals surface area contributed by atoms with Crippen LogP contribution < -0.4 is 5.32 Å². The van der Waals surface area contributed by atoms with Gasteiger partial charge in [0, 0.05) is 24.2 Å². The molecule has 0 radical (unpaired) electrons. The number of piperidine rings is 1. The maximum atomic E-state index is 13.0. The van der Waals surface area contributed by atoms with E-state index in [1.807, 2.05) is 0 Å². The maximum absolute atomic E-state index is 13.0. The van der Waals surface area contributed by atoms with Crippen LogP contribution in [0.1, 0.15) is 32.1 Å². The largest absolute Gasteiger partial charge is 0.326 e. The molecule has 1 saturated heterocycles. The number of hydrogen-bond donors (Lipinski definition) is 1. The minimum absolute atomic E-state index is 0.157. The van der Waals surface area contributed by atoms with Crippen LogP contribution in [0.3, 0.4) is 0 Å². The number of halogens is 2. The number of rotatable bonds is 4. The molecule has 2 rings (SSSR count). The molecule has 0 aromatic heterocycles. The highest BCUT2D eigenvalue weighted by Gasteiger charge is 2.19. The lowest BCUT2D eigenvalue weighted by Gasteiger charge is -2.32. The average molecular weight is 282 g/mol. The first-order valence-electron chi connectivity index (χ1n) is 7.01. The molecule has 1 aliphatic heterocycles. The van der Waals surface area contributed by atoms with Gasteiger partial charge in [0.2, 0.25) is 5.91 Å². The van der Waals surface area contributed by atoms with Gasteiger partial charge in [-0.25, -0.2) is 8.78 Å². The maximum Gasteiger partial charge on any atom is 0.224 e. The number of anilines is 1. The molecule has 20 heavy (non-hydrogen) atoms. The summed E-state index contributed by atoms with van der Waals surface area (Å²) in [5, 5.41) is 2.60. The third kappa shape index (κ3) is 4.00. The Kier molecular flexibility index (Phi) is 5.06. The minimum Gasteiger partial charge on any atom is -0.326 e. The number of carbonyl (C=O) groups is 1. The summed E-state index contributed by atoms with van der Waals surface area (Å²) in [5.41, 5.74) is 0.297. The van der Waals surface area contributed by atoms with E-state index in [-0.39, 0.29) is 5.91 Å². The summed E-state index contributed by atoms with van der Waals surface area (Å²) in [6.45, 7) is 1.08. The van der Waals surface area contributed by atoms with Gasteiger partial charge >= 0.3 is 0 Å². The Morgan fingerprint density at radius 1 is 1.35 bits per heavy atom. The molecule has 1 aromatic carbocycles. The fourth-order valence-electron chi connectivity index (χ4n) is 2.60. The van der Waals surface area contributed by atoms with Crippen LogP contribution in [0, 0.1) is 11.6 Å². The highest BCUT2D eigenvalue weighted by Crippen LogP contribution is 2.19. The monoisotopic (exact) mass is 282 g/mol. The van der Waals surface area contributed by atoms with Gasteiger partial charge < -0.3 is 10.2 Å². The molecule has 1 heterocycles. The van der Waals surface area contributed by atoms with E-state index in [2.05, 4.69) is 17.3 Å². The van der Waals surface area contributed by atoms with Gasteiger partial charge in [-0.3, -0.25) is 4.79 Å². The second-order valence-corrected chi connectivity index (χ2v) is 5.35. The van der Waals surface area contributed by atoms with Crippen LogP contribution in [-0.2, 0) is 4.79 Å². The Balaban J connectivity index is 1.81. The van der Waals surface area contributed by atoms with Crippen molar-refractivity contribution in [3.8, 4) is 0 Å². The van der Waals surface area contributed by atoms with Crippen molar-refractivity contribution < 1.29 is 13.6 Å². The zero-order valence-corrected chi connectivity index (χ0v) is 11.7. The first-order valence-corrected chi connectivity index (χ1v) is 7.01. The van der Waals surface area contributed by atoms with E-state index in [0.29, 0.717) is 18.2 Å². The summed E-state index contributed by atoms with van der Waals surface area (Å²) >= 11 is 0. The lowest BCUT2D eigenvalue weighted by atomic mass is 9.98. The molecule has 1 fully saturated rings. The van der Waals surface area contributed by atoms with Crippen LogP contribution in [0.4, 0.5) is 14.5 Å². The van der Waals surface area contributed by atoms with E-state index in [0.717, 1.165) is 31.5 Å². The van der Waals surface area contributed by atoms with Gasteiger partial charge in [0.15, 0.2) is 11.6 Å². The molecule has 1 aliphatic rings. The molecule has 0 bridgehead atoms. The second kappa shape index (κ2) is 6.79. The SMILES string of the molecule is CN1CCCCC1CCC(=O)Nc1ccc(F)c(F)c1. The van der Waals surface area contributed by atoms with E-state index >= 15 is 0 Å².